The highest BCUT2D eigenvalue weighted by Gasteiger charge is 2.27. The minimum Gasteiger partial charge on any atom is -0.451 e. The largest absolute Gasteiger partial charge is 0.451 e. The molecule has 3 N–H and O–H groups in total. The van der Waals surface area contributed by atoms with E-state index in [-0.39, 0.29) is 36.1 Å². The zero-order valence-corrected chi connectivity index (χ0v) is 18.4. The summed E-state index contributed by atoms with van der Waals surface area (Å²) >= 11 is 0. The Morgan fingerprint density at radius 3 is 2.33 bits per heavy atom. The first-order chi connectivity index (χ1) is 14.0. The number of para-hydroxylation sites is 1. The maximum atomic E-state index is 12.6. The molecule has 0 fully saturated rings. The van der Waals surface area contributed by atoms with Gasteiger partial charge in [-0.25, -0.2) is 4.79 Å². The highest BCUT2D eigenvalue weighted by molar-refractivity contribution is 5.96. The van der Waals surface area contributed by atoms with E-state index in [9.17, 15) is 14.4 Å². The second kappa shape index (κ2) is 9.65. The number of hydrogen-bond donors (Lipinski definition) is 3. The topological polar surface area (TPSA) is 110 Å². The molecule has 1 aromatic heterocycles. The van der Waals surface area contributed by atoms with Crippen molar-refractivity contribution in [2.24, 2.45) is 5.92 Å². The lowest BCUT2D eigenvalue weighted by molar-refractivity contribution is -0.124. The number of benzene rings is 1. The molecule has 0 aliphatic carbocycles. The molecule has 0 bridgehead atoms. The van der Waals surface area contributed by atoms with Crippen LogP contribution in [0.1, 0.15) is 52.1 Å². The van der Waals surface area contributed by atoms with Crippen molar-refractivity contribution < 1.29 is 23.5 Å². The molecule has 0 aliphatic rings. The maximum Gasteiger partial charge on any atom is 0.408 e. The van der Waals surface area contributed by atoms with E-state index in [1.54, 1.807) is 39.8 Å². The van der Waals surface area contributed by atoms with Crippen LogP contribution in [0.15, 0.2) is 34.7 Å². The van der Waals surface area contributed by atoms with Crippen LogP contribution >= 0.6 is 0 Å². The molecular weight excluding hydrogens is 386 g/mol. The van der Waals surface area contributed by atoms with E-state index in [0.717, 1.165) is 5.39 Å². The van der Waals surface area contributed by atoms with Gasteiger partial charge in [0.2, 0.25) is 5.91 Å². The summed E-state index contributed by atoms with van der Waals surface area (Å²) < 4.78 is 10.8. The van der Waals surface area contributed by atoms with Crippen LogP contribution < -0.4 is 16.0 Å². The van der Waals surface area contributed by atoms with E-state index >= 15 is 0 Å². The third-order valence-corrected chi connectivity index (χ3v) is 4.23. The van der Waals surface area contributed by atoms with Crippen LogP contribution in [0.25, 0.3) is 11.0 Å². The van der Waals surface area contributed by atoms with Gasteiger partial charge in [0.15, 0.2) is 5.76 Å². The molecule has 2 rings (SSSR count). The van der Waals surface area contributed by atoms with Crippen LogP contribution in [-0.4, -0.2) is 42.1 Å². The van der Waals surface area contributed by atoms with Crippen molar-refractivity contribution in [2.75, 3.05) is 6.54 Å². The second-order valence-electron chi connectivity index (χ2n) is 8.64. The monoisotopic (exact) mass is 417 g/mol. The first kappa shape index (κ1) is 23.3. The quantitative estimate of drug-likeness (QED) is 0.641. The molecule has 0 radical (unpaired) electrons. The predicted octanol–water partition coefficient (Wildman–Crippen LogP) is 3.22. The lowest BCUT2D eigenvalue weighted by Crippen LogP contribution is -2.54. The molecule has 2 unspecified atom stereocenters. The van der Waals surface area contributed by atoms with Gasteiger partial charge in [-0.2, -0.15) is 0 Å². The van der Waals surface area contributed by atoms with E-state index in [1.165, 1.54) is 0 Å². The number of fused-ring (bicyclic) bond motifs is 1. The Labute approximate surface area is 176 Å². The Bertz CT molecular complexity index is 865. The molecule has 3 amide bonds. The molecule has 1 heterocycles. The molecule has 30 heavy (non-hydrogen) atoms. The Kier molecular flexibility index (Phi) is 7.48. The molecule has 164 valence electrons. The number of furan rings is 1. The van der Waals surface area contributed by atoms with Crippen molar-refractivity contribution in [3.8, 4) is 0 Å². The van der Waals surface area contributed by atoms with Crippen molar-refractivity contribution in [1.29, 1.82) is 0 Å². The summed E-state index contributed by atoms with van der Waals surface area (Å²) in [5.74, 6) is -0.642. The van der Waals surface area contributed by atoms with Crippen LogP contribution in [0, 0.1) is 5.92 Å². The molecule has 1 aromatic carbocycles. The fraction of sp³-hybridized carbons (Fsp3) is 0.500. The van der Waals surface area contributed by atoms with Gasteiger partial charge in [-0.1, -0.05) is 32.0 Å². The molecule has 8 nitrogen and oxygen atoms in total. The average molecular weight is 418 g/mol. The van der Waals surface area contributed by atoms with Crippen molar-refractivity contribution in [2.45, 2.75) is 59.2 Å². The van der Waals surface area contributed by atoms with Gasteiger partial charge in [0.05, 0.1) is 0 Å². The zero-order chi connectivity index (χ0) is 22.5. The Morgan fingerprint density at radius 1 is 1.07 bits per heavy atom. The second-order valence-corrected chi connectivity index (χ2v) is 8.64. The fourth-order valence-corrected chi connectivity index (χ4v) is 2.78. The Balaban J connectivity index is 1.88. The molecule has 0 spiro atoms. The third kappa shape index (κ3) is 6.79. The number of alkyl carbamates (subject to hydrolysis) is 1. The minimum atomic E-state index is -0.756. The first-order valence-electron chi connectivity index (χ1n) is 10.0. The summed E-state index contributed by atoms with van der Waals surface area (Å²) in [5, 5.41) is 9.01. The number of amides is 3. The average Bonchev–Trinajstić information content (AvgIpc) is 3.06. The highest BCUT2D eigenvalue weighted by atomic mass is 16.6. The summed E-state index contributed by atoms with van der Waals surface area (Å²) in [6, 6.07) is 7.92. The minimum absolute atomic E-state index is 0.144. The third-order valence-electron chi connectivity index (χ3n) is 4.23. The van der Waals surface area contributed by atoms with Crippen LogP contribution in [0.2, 0.25) is 0 Å². The summed E-state index contributed by atoms with van der Waals surface area (Å²) in [4.78, 5) is 37.0. The van der Waals surface area contributed by atoms with Crippen molar-refractivity contribution >= 4 is 28.9 Å². The van der Waals surface area contributed by atoms with E-state index in [1.807, 2.05) is 32.0 Å². The van der Waals surface area contributed by atoms with E-state index in [4.69, 9.17) is 9.15 Å². The number of carbonyl (C=O) groups excluding carboxylic acids is 3. The van der Waals surface area contributed by atoms with Crippen LogP contribution in [-0.2, 0) is 9.53 Å². The van der Waals surface area contributed by atoms with E-state index in [2.05, 4.69) is 16.0 Å². The van der Waals surface area contributed by atoms with Gasteiger partial charge in [0.25, 0.3) is 5.91 Å². The number of ether oxygens (including phenoxy) is 1. The number of rotatable bonds is 7. The van der Waals surface area contributed by atoms with Gasteiger partial charge in [-0.15, -0.1) is 0 Å². The number of hydrogen-bond acceptors (Lipinski definition) is 5. The molecule has 2 atom stereocenters. The van der Waals surface area contributed by atoms with Crippen LogP contribution in [0.3, 0.4) is 0 Å². The van der Waals surface area contributed by atoms with Crippen molar-refractivity contribution in [3.63, 3.8) is 0 Å². The Morgan fingerprint density at radius 2 is 1.73 bits per heavy atom. The van der Waals surface area contributed by atoms with Crippen LogP contribution in [0.4, 0.5) is 4.79 Å². The Hall–Kier alpha value is -3.03. The normalized spacial score (nSPS) is 13.6. The molecule has 0 aliphatic heterocycles. The fourth-order valence-electron chi connectivity index (χ4n) is 2.78. The van der Waals surface area contributed by atoms with E-state index < -0.39 is 17.7 Å². The standard InChI is InChI=1S/C22H31N3O5/c1-13(2)18(25-21(28)30-22(4,5)6)20(27)24-14(3)12-23-19(26)17-11-15-9-7-8-10-16(15)29-17/h7-11,13-14,18H,12H2,1-6H3,(H,23,26)(H,24,27)(H,25,28). The van der Waals surface area contributed by atoms with Gasteiger partial charge in [-0.05, 0) is 45.7 Å². The van der Waals surface area contributed by atoms with Crippen LogP contribution in [0.5, 0.6) is 0 Å². The molecule has 2 aromatic rings. The lowest BCUT2D eigenvalue weighted by Gasteiger charge is -2.26. The number of carbonyl (C=O) groups is 3. The zero-order valence-electron chi connectivity index (χ0n) is 18.4. The summed E-state index contributed by atoms with van der Waals surface area (Å²) in [7, 11) is 0. The van der Waals surface area contributed by atoms with Gasteiger partial charge >= 0.3 is 6.09 Å². The SMILES string of the molecule is CC(CNC(=O)c1cc2ccccc2o1)NC(=O)C(NC(=O)OC(C)(C)C)C(C)C. The molecule has 0 saturated heterocycles. The summed E-state index contributed by atoms with van der Waals surface area (Å²) in [6.07, 6.45) is -0.651. The van der Waals surface area contributed by atoms with Gasteiger partial charge in [0.1, 0.15) is 17.2 Å². The van der Waals surface area contributed by atoms with Crippen molar-refractivity contribution in [1.82, 2.24) is 16.0 Å². The number of nitrogens with one attached hydrogen (secondary N) is 3. The smallest absolute Gasteiger partial charge is 0.408 e. The lowest BCUT2D eigenvalue weighted by atomic mass is 10.0. The van der Waals surface area contributed by atoms with Gasteiger partial charge < -0.3 is 25.1 Å². The molecular formula is C22H31N3O5. The summed E-state index contributed by atoms with van der Waals surface area (Å²) in [5.41, 5.74) is -0.0203. The van der Waals surface area contributed by atoms with Crippen molar-refractivity contribution in [3.05, 3.63) is 36.1 Å². The van der Waals surface area contributed by atoms with E-state index in [0.29, 0.717) is 5.58 Å². The predicted molar refractivity (Wildman–Crippen MR) is 114 cm³/mol. The maximum absolute atomic E-state index is 12.6. The first-order valence-corrected chi connectivity index (χ1v) is 10.0. The highest BCUT2D eigenvalue weighted by Crippen LogP contribution is 2.18. The molecule has 8 heteroatoms. The van der Waals surface area contributed by atoms with Gasteiger partial charge in [0, 0.05) is 18.0 Å². The summed E-state index contributed by atoms with van der Waals surface area (Å²) in [6.45, 7) is 10.9. The molecule has 0 saturated carbocycles. The van der Waals surface area contributed by atoms with Gasteiger partial charge in [-0.3, -0.25) is 9.59 Å².